The van der Waals surface area contributed by atoms with Gasteiger partial charge in [0.2, 0.25) is 0 Å². The van der Waals surface area contributed by atoms with Crippen molar-refractivity contribution in [2.45, 2.75) is 0 Å². The third-order valence-corrected chi connectivity index (χ3v) is 2.35. The number of fused-ring (bicyclic) bond motifs is 1. The Morgan fingerprint density at radius 1 is 1.00 bits per heavy atom. The second-order valence-electron chi connectivity index (χ2n) is 3.27. The molecule has 1 aromatic carbocycles. The van der Waals surface area contributed by atoms with Crippen LogP contribution >= 0.6 is 0 Å². The number of benzene rings is 1. The van der Waals surface area contributed by atoms with Crippen LogP contribution in [0.2, 0.25) is 0 Å². The molecule has 0 saturated heterocycles. The van der Waals surface area contributed by atoms with Gasteiger partial charge in [0.25, 0.3) is 0 Å². The predicted octanol–water partition coefficient (Wildman–Crippen LogP) is 2.89. The summed E-state index contributed by atoms with van der Waals surface area (Å²) < 4.78 is 4.84. The third kappa shape index (κ3) is 1.29. The van der Waals surface area contributed by atoms with Gasteiger partial charge < -0.3 is 4.52 Å². The van der Waals surface area contributed by atoms with Crippen molar-refractivity contribution in [1.82, 2.24) is 10.1 Å². The summed E-state index contributed by atoms with van der Waals surface area (Å²) in [4.78, 5) is 4.36. The summed E-state index contributed by atoms with van der Waals surface area (Å²) in [5, 5.41) is 5.03. The monoisotopic (exact) mass is 196 g/mol. The Kier molecular flexibility index (Phi) is 1.75. The molecule has 3 heteroatoms. The minimum absolute atomic E-state index is 0.819. The van der Waals surface area contributed by atoms with Crippen LogP contribution in [0.15, 0.2) is 53.4 Å². The van der Waals surface area contributed by atoms with E-state index in [1.165, 1.54) is 0 Å². The number of nitrogens with zero attached hydrogens (tertiary/aromatic N) is 2. The second kappa shape index (κ2) is 3.20. The maximum atomic E-state index is 4.84. The summed E-state index contributed by atoms with van der Waals surface area (Å²) in [5.41, 5.74) is 2.77. The summed E-state index contributed by atoms with van der Waals surface area (Å²) in [6.45, 7) is 0. The van der Waals surface area contributed by atoms with Crippen LogP contribution in [0, 0.1) is 0 Å². The van der Waals surface area contributed by atoms with Gasteiger partial charge in [0.05, 0.1) is 5.52 Å². The lowest BCUT2D eigenvalue weighted by Crippen LogP contribution is -1.83. The lowest BCUT2D eigenvalue weighted by molar-refractivity contribution is 0.422. The van der Waals surface area contributed by atoms with Crippen molar-refractivity contribution in [2.24, 2.45) is 0 Å². The van der Waals surface area contributed by atoms with Crippen molar-refractivity contribution in [2.75, 3.05) is 0 Å². The molecule has 3 aromatic rings. The number of aromatic nitrogens is 2. The molecule has 0 unspecified atom stereocenters. The average molecular weight is 196 g/mol. The van der Waals surface area contributed by atoms with Crippen LogP contribution < -0.4 is 0 Å². The number of hydrogen-bond acceptors (Lipinski definition) is 3. The van der Waals surface area contributed by atoms with Crippen LogP contribution in [0.4, 0.5) is 0 Å². The Morgan fingerprint density at radius 3 is 2.80 bits per heavy atom. The highest BCUT2D eigenvalue weighted by Gasteiger charge is 2.06. The van der Waals surface area contributed by atoms with E-state index in [1.807, 2.05) is 36.4 Å². The van der Waals surface area contributed by atoms with Crippen LogP contribution in [0.3, 0.4) is 0 Å². The largest absolute Gasteiger partial charge is 0.364 e. The quantitative estimate of drug-likeness (QED) is 0.600. The molecule has 0 aliphatic heterocycles. The molecule has 0 fully saturated rings. The maximum Gasteiger partial charge on any atom is 0.124 e. The molecule has 0 N–H and O–H groups in total. The van der Waals surface area contributed by atoms with Gasteiger partial charge in [-0.25, -0.2) is 0 Å². The molecule has 0 amide bonds. The molecule has 3 nitrogen and oxygen atoms in total. The fourth-order valence-electron chi connectivity index (χ4n) is 1.66. The molecule has 2 heterocycles. The molecule has 72 valence electrons. The first-order chi connectivity index (χ1) is 7.45. The van der Waals surface area contributed by atoms with Crippen LogP contribution in [0.1, 0.15) is 0 Å². The molecule has 0 bridgehead atoms. The Balaban J connectivity index is 2.36. The van der Waals surface area contributed by atoms with Gasteiger partial charge >= 0.3 is 0 Å². The lowest BCUT2D eigenvalue weighted by atomic mass is 10.1. The first kappa shape index (κ1) is 8.17. The van der Waals surface area contributed by atoms with Gasteiger partial charge in [0.15, 0.2) is 0 Å². The van der Waals surface area contributed by atoms with E-state index in [0.717, 1.165) is 22.2 Å². The molecule has 0 spiro atoms. The zero-order valence-electron chi connectivity index (χ0n) is 7.92. The Labute approximate surface area is 86.4 Å². The van der Waals surface area contributed by atoms with Gasteiger partial charge in [-0.3, -0.25) is 4.98 Å². The van der Waals surface area contributed by atoms with Crippen molar-refractivity contribution in [1.29, 1.82) is 0 Å². The fraction of sp³-hybridized carbons (Fsp3) is 0. The minimum atomic E-state index is 0.819. The zero-order valence-corrected chi connectivity index (χ0v) is 7.92. The zero-order chi connectivity index (χ0) is 10.1. The Bertz CT molecular complexity index is 582. The molecular formula is C12H8N2O. The lowest BCUT2D eigenvalue weighted by Gasteiger charge is -2.00. The highest BCUT2D eigenvalue weighted by molar-refractivity contribution is 5.92. The minimum Gasteiger partial charge on any atom is -0.364 e. The van der Waals surface area contributed by atoms with Crippen molar-refractivity contribution >= 4 is 10.9 Å². The summed E-state index contributed by atoms with van der Waals surface area (Å²) >= 11 is 0. The molecule has 0 atom stereocenters. The normalized spacial score (nSPS) is 10.7. The topological polar surface area (TPSA) is 38.9 Å². The number of rotatable bonds is 1. The SMILES string of the molecule is c1cnc2c(-c3ccon3)cccc2c1. The third-order valence-electron chi connectivity index (χ3n) is 2.35. The molecule has 0 saturated carbocycles. The fourth-order valence-corrected chi connectivity index (χ4v) is 1.66. The van der Waals surface area contributed by atoms with Crippen molar-refractivity contribution in [3.8, 4) is 11.3 Å². The summed E-state index contributed by atoms with van der Waals surface area (Å²) in [5.74, 6) is 0. The molecule has 15 heavy (non-hydrogen) atoms. The average Bonchev–Trinajstić information content (AvgIpc) is 2.82. The second-order valence-corrected chi connectivity index (χ2v) is 3.27. The van der Waals surface area contributed by atoms with Crippen molar-refractivity contribution in [3.63, 3.8) is 0 Å². The van der Waals surface area contributed by atoms with Crippen molar-refractivity contribution in [3.05, 3.63) is 48.9 Å². The van der Waals surface area contributed by atoms with Gasteiger partial charge in [-0.15, -0.1) is 0 Å². The summed E-state index contributed by atoms with van der Waals surface area (Å²) in [7, 11) is 0. The highest BCUT2D eigenvalue weighted by Crippen LogP contribution is 2.25. The smallest absolute Gasteiger partial charge is 0.124 e. The Hall–Kier alpha value is -2.16. The summed E-state index contributed by atoms with van der Waals surface area (Å²) in [6, 6.07) is 11.8. The highest BCUT2D eigenvalue weighted by atomic mass is 16.5. The molecule has 2 aromatic heterocycles. The first-order valence-corrected chi connectivity index (χ1v) is 4.70. The number of para-hydroxylation sites is 1. The van der Waals surface area contributed by atoms with E-state index in [-0.39, 0.29) is 0 Å². The Morgan fingerprint density at radius 2 is 1.93 bits per heavy atom. The molecule has 0 aliphatic carbocycles. The standard InChI is InChI=1S/C12H8N2O/c1-3-9-4-2-7-13-12(9)10(5-1)11-6-8-15-14-11/h1-8H. The van der Waals surface area contributed by atoms with E-state index in [9.17, 15) is 0 Å². The van der Waals surface area contributed by atoms with Gasteiger partial charge in [-0.05, 0) is 6.07 Å². The number of hydrogen-bond donors (Lipinski definition) is 0. The van der Waals surface area contributed by atoms with Crippen LogP contribution in [-0.2, 0) is 0 Å². The molecule has 0 radical (unpaired) electrons. The maximum absolute atomic E-state index is 4.84. The van der Waals surface area contributed by atoms with Crippen LogP contribution in [0.5, 0.6) is 0 Å². The van der Waals surface area contributed by atoms with Crippen molar-refractivity contribution < 1.29 is 4.52 Å². The van der Waals surface area contributed by atoms with Gasteiger partial charge in [-0.2, -0.15) is 0 Å². The van der Waals surface area contributed by atoms with E-state index >= 15 is 0 Å². The van der Waals surface area contributed by atoms with E-state index < -0.39 is 0 Å². The van der Waals surface area contributed by atoms with Gasteiger partial charge in [-0.1, -0.05) is 29.4 Å². The van der Waals surface area contributed by atoms with E-state index in [2.05, 4.69) is 10.1 Å². The van der Waals surface area contributed by atoms with E-state index in [4.69, 9.17) is 4.52 Å². The van der Waals surface area contributed by atoms with Crippen LogP contribution in [-0.4, -0.2) is 10.1 Å². The van der Waals surface area contributed by atoms with Crippen LogP contribution in [0.25, 0.3) is 22.2 Å². The first-order valence-electron chi connectivity index (χ1n) is 4.70. The predicted molar refractivity (Wildman–Crippen MR) is 57.2 cm³/mol. The van der Waals surface area contributed by atoms with E-state index in [0.29, 0.717) is 0 Å². The molecule has 3 rings (SSSR count). The molecular weight excluding hydrogens is 188 g/mol. The summed E-state index contributed by atoms with van der Waals surface area (Å²) in [6.07, 6.45) is 3.35. The van der Waals surface area contributed by atoms with E-state index in [1.54, 1.807) is 12.5 Å². The van der Waals surface area contributed by atoms with Gasteiger partial charge in [0, 0.05) is 23.2 Å². The molecule has 0 aliphatic rings. The number of pyridine rings is 1. The van der Waals surface area contributed by atoms with Gasteiger partial charge in [0.1, 0.15) is 12.0 Å².